The van der Waals surface area contributed by atoms with E-state index in [0.29, 0.717) is 24.3 Å². The van der Waals surface area contributed by atoms with Crippen LogP contribution in [0.25, 0.3) is 11.1 Å². The first-order chi connectivity index (χ1) is 14.7. The molecule has 152 valence electrons. The fourth-order valence-corrected chi connectivity index (χ4v) is 3.87. The highest BCUT2D eigenvalue weighted by Crippen LogP contribution is 2.29. The molecule has 0 heterocycles. The van der Waals surface area contributed by atoms with Gasteiger partial charge in [0.25, 0.3) is 0 Å². The number of rotatable bonds is 5. The van der Waals surface area contributed by atoms with Crippen molar-refractivity contribution >= 4 is 11.8 Å². The summed E-state index contributed by atoms with van der Waals surface area (Å²) in [6.45, 7) is 0.405. The van der Waals surface area contributed by atoms with E-state index in [4.69, 9.17) is 9.47 Å². The van der Waals surface area contributed by atoms with Crippen molar-refractivity contribution in [3.05, 3.63) is 89.5 Å². The third-order valence-electron chi connectivity index (χ3n) is 5.55. The van der Waals surface area contributed by atoms with E-state index in [1.165, 1.54) is 12.7 Å². The summed E-state index contributed by atoms with van der Waals surface area (Å²) in [5, 5.41) is 0. The Bertz CT molecular complexity index is 1040. The molecule has 4 nitrogen and oxygen atoms in total. The maximum Gasteiger partial charge on any atom is 0.316 e. The predicted octanol–water partition coefficient (Wildman–Crippen LogP) is 5.24. The standard InChI is InChI=1S/C26H24O4/c1-29-26(28)23-9-5-8-21-14-15-22(16-24(21)25(23)27)30-17-18-10-12-20(13-11-18)19-6-3-2-4-7-19/h2-4,6-7,10-16,23H,5,8-9,17H2,1H3. The number of fused-ring (bicyclic) bond motifs is 1. The smallest absolute Gasteiger partial charge is 0.316 e. The number of Topliss-reactive ketones (excluding diaryl/α,β-unsaturated/α-hetero) is 1. The number of methoxy groups -OCH3 is 1. The van der Waals surface area contributed by atoms with Gasteiger partial charge in [-0.2, -0.15) is 0 Å². The summed E-state index contributed by atoms with van der Waals surface area (Å²) in [6, 6.07) is 24.1. The van der Waals surface area contributed by atoms with Gasteiger partial charge in [0.1, 0.15) is 18.3 Å². The first-order valence-corrected chi connectivity index (χ1v) is 10.2. The SMILES string of the molecule is COC(=O)C1CCCc2ccc(OCc3ccc(-c4ccccc4)cc3)cc2C1=O. The second-order valence-corrected chi connectivity index (χ2v) is 7.50. The van der Waals surface area contributed by atoms with Crippen molar-refractivity contribution < 1.29 is 19.1 Å². The summed E-state index contributed by atoms with van der Waals surface area (Å²) < 4.78 is 10.8. The second-order valence-electron chi connectivity index (χ2n) is 7.50. The summed E-state index contributed by atoms with van der Waals surface area (Å²) in [5.41, 5.74) is 4.91. The average Bonchev–Trinajstić information content (AvgIpc) is 2.97. The van der Waals surface area contributed by atoms with Gasteiger partial charge >= 0.3 is 5.97 Å². The summed E-state index contributed by atoms with van der Waals surface area (Å²) in [6.07, 6.45) is 2.08. The molecule has 1 aliphatic carbocycles. The molecule has 0 aliphatic heterocycles. The van der Waals surface area contributed by atoms with Crippen LogP contribution in [0.5, 0.6) is 5.75 Å². The summed E-state index contributed by atoms with van der Waals surface area (Å²) in [7, 11) is 1.32. The molecule has 0 amide bonds. The number of ketones is 1. The summed E-state index contributed by atoms with van der Waals surface area (Å²) in [4.78, 5) is 24.9. The molecule has 30 heavy (non-hydrogen) atoms. The summed E-state index contributed by atoms with van der Waals surface area (Å²) in [5.74, 6) is -0.735. The number of hydrogen-bond donors (Lipinski definition) is 0. The molecule has 4 rings (SSSR count). The molecule has 0 spiro atoms. The minimum atomic E-state index is -0.725. The second kappa shape index (κ2) is 8.95. The van der Waals surface area contributed by atoms with Gasteiger partial charge in [-0.15, -0.1) is 0 Å². The van der Waals surface area contributed by atoms with Crippen LogP contribution in [-0.2, 0) is 22.6 Å². The summed E-state index contributed by atoms with van der Waals surface area (Å²) >= 11 is 0. The van der Waals surface area contributed by atoms with Crippen LogP contribution in [0.4, 0.5) is 0 Å². The zero-order valence-electron chi connectivity index (χ0n) is 17.0. The Morgan fingerprint density at radius 2 is 1.70 bits per heavy atom. The highest BCUT2D eigenvalue weighted by Gasteiger charge is 2.32. The van der Waals surface area contributed by atoms with Crippen LogP contribution in [0.2, 0.25) is 0 Å². The van der Waals surface area contributed by atoms with Gasteiger partial charge in [0.15, 0.2) is 5.78 Å². The minimum Gasteiger partial charge on any atom is -0.489 e. The van der Waals surface area contributed by atoms with E-state index in [-0.39, 0.29) is 5.78 Å². The minimum absolute atomic E-state index is 0.174. The first-order valence-electron chi connectivity index (χ1n) is 10.2. The number of benzene rings is 3. The van der Waals surface area contributed by atoms with Gasteiger partial charge in [-0.1, -0.05) is 60.7 Å². The molecule has 0 radical (unpaired) electrons. The number of ether oxygens (including phenoxy) is 2. The van der Waals surface area contributed by atoms with Gasteiger partial charge in [-0.3, -0.25) is 9.59 Å². The van der Waals surface area contributed by atoms with E-state index in [2.05, 4.69) is 24.3 Å². The molecule has 1 unspecified atom stereocenters. The number of carbonyl (C=O) groups is 2. The number of carbonyl (C=O) groups excluding carboxylic acids is 2. The van der Waals surface area contributed by atoms with Gasteiger partial charge in [0.2, 0.25) is 0 Å². The fourth-order valence-electron chi connectivity index (χ4n) is 3.87. The molecule has 1 aliphatic rings. The lowest BCUT2D eigenvalue weighted by Gasteiger charge is -2.13. The lowest BCUT2D eigenvalue weighted by atomic mass is 9.95. The van der Waals surface area contributed by atoms with Crippen LogP contribution >= 0.6 is 0 Å². The Morgan fingerprint density at radius 1 is 0.967 bits per heavy atom. The third-order valence-corrected chi connectivity index (χ3v) is 5.55. The quantitative estimate of drug-likeness (QED) is 0.334. The van der Waals surface area contributed by atoms with E-state index < -0.39 is 11.9 Å². The van der Waals surface area contributed by atoms with E-state index in [0.717, 1.165) is 29.5 Å². The van der Waals surface area contributed by atoms with E-state index in [9.17, 15) is 9.59 Å². The van der Waals surface area contributed by atoms with Crippen molar-refractivity contribution in [1.29, 1.82) is 0 Å². The average molecular weight is 400 g/mol. The van der Waals surface area contributed by atoms with Gasteiger partial charge in [-0.25, -0.2) is 0 Å². The molecule has 0 saturated heterocycles. The molecule has 0 fully saturated rings. The van der Waals surface area contributed by atoms with E-state index in [1.54, 1.807) is 6.07 Å². The Hall–Kier alpha value is -3.40. The number of hydrogen-bond acceptors (Lipinski definition) is 4. The highest BCUT2D eigenvalue weighted by atomic mass is 16.5. The molecule has 3 aromatic carbocycles. The predicted molar refractivity (Wildman–Crippen MR) is 115 cm³/mol. The molecule has 1 atom stereocenters. The van der Waals surface area contributed by atoms with E-state index >= 15 is 0 Å². The zero-order chi connectivity index (χ0) is 20.9. The molecule has 0 N–H and O–H groups in total. The van der Waals surface area contributed by atoms with Crippen LogP contribution in [0, 0.1) is 5.92 Å². The van der Waals surface area contributed by atoms with Crippen molar-refractivity contribution in [3.8, 4) is 16.9 Å². The molecular weight excluding hydrogens is 376 g/mol. The van der Waals surface area contributed by atoms with Crippen LogP contribution < -0.4 is 4.74 Å². The Morgan fingerprint density at radius 3 is 2.43 bits per heavy atom. The van der Waals surface area contributed by atoms with Gasteiger partial charge in [-0.05, 0) is 53.6 Å². The molecule has 4 heteroatoms. The lowest BCUT2D eigenvalue weighted by molar-refractivity contribution is -0.143. The lowest BCUT2D eigenvalue weighted by Crippen LogP contribution is -2.24. The van der Waals surface area contributed by atoms with Crippen molar-refractivity contribution in [2.45, 2.75) is 25.9 Å². The van der Waals surface area contributed by atoms with Crippen LogP contribution in [0.1, 0.15) is 34.3 Å². The Labute approximate surface area is 176 Å². The van der Waals surface area contributed by atoms with Gasteiger partial charge < -0.3 is 9.47 Å². The fraction of sp³-hybridized carbons (Fsp3) is 0.231. The van der Waals surface area contributed by atoms with E-state index in [1.807, 2.05) is 42.5 Å². The van der Waals surface area contributed by atoms with Crippen molar-refractivity contribution in [1.82, 2.24) is 0 Å². The highest BCUT2D eigenvalue weighted by molar-refractivity contribution is 6.09. The zero-order valence-corrected chi connectivity index (χ0v) is 17.0. The normalized spacial score (nSPS) is 15.8. The third kappa shape index (κ3) is 4.28. The maximum atomic E-state index is 12.9. The van der Waals surface area contributed by atoms with Crippen molar-refractivity contribution in [2.75, 3.05) is 7.11 Å². The Balaban J connectivity index is 1.47. The largest absolute Gasteiger partial charge is 0.489 e. The van der Waals surface area contributed by atoms with Crippen molar-refractivity contribution in [2.24, 2.45) is 5.92 Å². The van der Waals surface area contributed by atoms with Crippen molar-refractivity contribution in [3.63, 3.8) is 0 Å². The number of esters is 1. The maximum absolute atomic E-state index is 12.9. The Kier molecular flexibility index (Phi) is 5.94. The van der Waals surface area contributed by atoms with Gasteiger partial charge in [0, 0.05) is 5.56 Å². The van der Waals surface area contributed by atoms with Crippen LogP contribution in [0.3, 0.4) is 0 Å². The molecule has 0 aromatic heterocycles. The molecular formula is C26H24O4. The molecule has 3 aromatic rings. The van der Waals surface area contributed by atoms with Crippen LogP contribution in [-0.4, -0.2) is 18.9 Å². The number of aryl methyl sites for hydroxylation is 1. The first kappa shape index (κ1) is 19.9. The van der Waals surface area contributed by atoms with Gasteiger partial charge in [0.05, 0.1) is 7.11 Å². The molecule has 0 saturated carbocycles. The topological polar surface area (TPSA) is 52.6 Å². The van der Waals surface area contributed by atoms with Crippen LogP contribution in [0.15, 0.2) is 72.8 Å². The molecule has 0 bridgehead atoms. The monoisotopic (exact) mass is 400 g/mol.